The predicted octanol–water partition coefficient (Wildman–Crippen LogP) is 4.12. The van der Waals surface area contributed by atoms with Gasteiger partial charge >= 0.3 is 0 Å². The fraction of sp³-hybridized carbons (Fsp3) is 0.250. The zero-order valence-corrected chi connectivity index (χ0v) is 13.1. The molecule has 0 aliphatic carbocycles. The van der Waals surface area contributed by atoms with Crippen LogP contribution in [0, 0.1) is 5.82 Å². The second-order valence-electron chi connectivity index (χ2n) is 5.03. The van der Waals surface area contributed by atoms with Crippen LogP contribution in [0.3, 0.4) is 0 Å². The van der Waals surface area contributed by atoms with Crippen molar-refractivity contribution < 1.29 is 13.9 Å². The number of hydrogen-bond donors (Lipinski definition) is 1. The number of ether oxygens (including phenoxy) is 2. The van der Waals surface area contributed by atoms with Crippen LogP contribution in [0.1, 0.15) is 29.7 Å². The highest BCUT2D eigenvalue weighted by molar-refractivity contribution is 9.10. The lowest BCUT2D eigenvalue weighted by atomic mass is 9.93. The smallest absolute Gasteiger partial charge is 0.137 e. The molecule has 3 rings (SSSR count). The van der Waals surface area contributed by atoms with Gasteiger partial charge in [0, 0.05) is 18.0 Å². The van der Waals surface area contributed by atoms with Gasteiger partial charge in [0.2, 0.25) is 0 Å². The molecule has 0 saturated heterocycles. The number of fused-ring (bicyclic) bond motifs is 1. The van der Waals surface area contributed by atoms with E-state index in [1.165, 1.54) is 6.07 Å². The van der Waals surface area contributed by atoms with E-state index in [1.54, 1.807) is 19.2 Å². The van der Waals surface area contributed by atoms with Gasteiger partial charge in [0.25, 0.3) is 0 Å². The van der Waals surface area contributed by atoms with Crippen LogP contribution >= 0.6 is 15.9 Å². The first-order valence-corrected chi connectivity index (χ1v) is 7.43. The van der Waals surface area contributed by atoms with E-state index >= 15 is 0 Å². The Morgan fingerprint density at radius 3 is 2.81 bits per heavy atom. The summed E-state index contributed by atoms with van der Waals surface area (Å²) in [4.78, 5) is 0. The van der Waals surface area contributed by atoms with E-state index in [9.17, 15) is 4.39 Å². The quantitative estimate of drug-likeness (QED) is 0.884. The molecular weight excluding hydrogens is 337 g/mol. The highest BCUT2D eigenvalue weighted by atomic mass is 79.9. The molecule has 1 aliphatic rings. The van der Waals surface area contributed by atoms with Gasteiger partial charge in [0.15, 0.2) is 0 Å². The van der Waals surface area contributed by atoms with Gasteiger partial charge in [0.05, 0.1) is 11.6 Å². The highest BCUT2D eigenvalue weighted by Crippen LogP contribution is 2.41. The standard InChI is InChI=1S/C16H15BrFNO2/c1-20-10-3-5-15-11(7-10)14(19)8-16(21-15)9-2-4-13(18)12(17)6-9/h2-7,14,16H,8,19H2,1H3. The van der Waals surface area contributed by atoms with E-state index in [1.807, 2.05) is 18.2 Å². The third kappa shape index (κ3) is 2.76. The molecule has 2 atom stereocenters. The third-order valence-corrected chi connectivity index (χ3v) is 4.28. The summed E-state index contributed by atoms with van der Waals surface area (Å²) in [5.74, 6) is 1.22. The zero-order chi connectivity index (χ0) is 15.0. The van der Waals surface area contributed by atoms with Crippen molar-refractivity contribution in [2.24, 2.45) is 5.73 Å². The first-order valence-electron chi connectivity index (χ1n) is 6.63. The number of nitrogens with two attached hydrogens (primary N) is 1. The lowest BCUT2D eigenvalue weighted by Gasteiger charge is -2.31. The summed E-state index contributed by atoms with van der Waals surface area (Å²) >= 11 is 3.20. The molecule has 2 unspecified atom stereocenters. The Morgan fingerprint density at radius 2 is 2.10 bits per heavy atom. The van der Waals surface area contributed by atoms with Crippen molar-refractivity contribution >= 4 is 15.9 Å². The number of halogens is 2. The van der Waals surface area contributed by atoms with E-state index in [0.29, 0.717) is 10.9 Å². The second-order valence-corrected chi connectivity index (χ2v) is 5.88. The number of rotatable bonds is 2. The van der Waals surface area contributed by atoms with E-state index in [-0.39, 0.29) is 18.0 Å². The van der Waals surface area contributed by atoms with Gasteiger partial charge in [-0.05, 0) is 51.8 Å². The van der Waals surface area contributed by atoms with E-state index in [0.717, 1.165) is 22.6 Å². The molecular formula is C16H15BrFNO2. The molecule has 1 aliphatic heterocycles. The minimum absolute atomic E-state index is 0.141. The monoisotopic (exact) mass is 351 g/mol. The number of hydrogen-bond acceptors (Lipinski definition) is 3. The van der Waals surface area contributed by atoms with E-state index in [2.05, 4.69) is 15.9 Å². The Bertz CT molecular complexity index is 677. The minimum atomic E-state index is -0.288. The summed E-state index contributed by atoms with van der Waals surface area (Å²) in [6, 6.07) is 10.4. The first kappa shape index (κ1) is 14.4. The van der Waals surface area contributed by atoms with Crippen LogP contribution in [0.5, 0.6) is 11.5 Å². The number of benzene rings is 2. The van der Waals surface area contributed by atoms with Crippen LogP contribution in [0.4, 0.5) is 4.39 Å². The molecule has 0 radical (unpaired) electrons. The van der Waals surface area contributed by atoms with Crippen LogP contribution in [0.15, 0.2) is 40.9 Å². The maximum Gasteiger partial charge on any atom is 0.137 e. The molecule has 3 nitrogen and oxygen atoms in total. The summed E-state index contributed by atoms with van der Waals surface area (Å²) in [5, 5.41) is 0. The molecule has 21 heavy (non-hydrogen) atoms. The van der Waals surface area contributed by atoms with Gasteiger partial charge in [-0.3, -0.25) is 0 Å². The molecule has 0 spiro atoms. The highest BCUT2D eigenvalue weighted by Gasteiger charge is 2.27. The van der Waals surface area contributed by atoms with Gasteiger partial charge in [-0.25, -0.2) is 4.39 Å². The maximum absolute atomic E-state index is 13.3. The van der Waals surface area contributed by atoms with Crippen molar-refractivity contribution in [3.63, 3.8) is 0 Å². The van der Waals surface area contributed by atoms with Gasteiger partial charge in [-0.15, -0.1) is 0 Å². The van der Waals surface area contributed by atoms with Crippen molar-refractivity contribution in [1.29, 1.82) is 0 Å². The Balaban J connectivity index is 1.92. The molecule has 110 valence electrons. The van der Waals surface area contributed by atoms with Crippen molar-refractivity contribution in [3.8, 4) is 11.5 Å². The van der Waals surface area contributed by atoms with Crippen molar-refractivity contribution in [2.75, 3.05) is 7.11 Å². The van der Waals surface area contributed by atoms with Crippen LogP contribution in [-0.2, 0) is 0 Å². The molecule has 0 aromatic heterocycles. The minimum Gasteiger partial charge on any atom is -0.497 e. The summed E-state index contributed by atoms with van der Waals surface area (Å²) in [6.07, 6.45) is 0.455. The molecule has 2 aromatic carbocycles. The van der Waals surface area contributed by atoms with Gasteiger partial charge < -0.3 is 15.2 Å². The molecule has 0 fully saturated rings. The predicted molar refractivity (Wildman–Crippen MR) is 82.0 cm³/mol. The van der Waals surface area contributed by atoms with Gasteiger partial charge in [-0.2, -0.15) is 0 Å². The lowest BCUT2D eigenvalue weighted by molar-refractivity contribution is 0.161. The SMILES string of the molecule is COc1ccc2c(c1)C(N)CC(c1ccc(F)c(Br)c1)O2. The molecule has 1 heterocycles. The third-order valence-electron chi connectivity index (χ3n) is 3.67. The summed E-state index contributed by atoms with van der Waals surface area (Å²) in [5.41, 5.74) is 8.08. The molecule has 0 saturated carbocycles. The molecule has 5 heteroatoms. The Hall–Kier alpha value is -1.59. The van der Waals surface area contributed by atoms with Crippen LogP contribution in [-0.4, -0.2) is 7.11 Å². The second kappa shape index (κ2) is 5.66. The zero-order valence-electron chi connectivity index (χ0n) is 11.5. The van der Waals surface area contributed by atoms with Crippen LogP contribution in [0.2, 0.25) is 0 Å². The number of methoxy groups -OCH3 is 1. The van der Waals surface area contributed by atoms with Gasteiger partial charge in [-0.1, -0.05) is 6.07 Å². The van der Waals surface area contributed by atoms with Crippen LogP contribution < -0.4 is 15.2 Å². The average Bonchev–Trinajstić information content (AvgIpc) is 2.49. The van der Waals surface area contributed by atoms with E-state index < -0.39 is 0 Å². The Morgan fingerprint density at radius 1 is 1.29 bits per heavy atom. The fourth-order valence-corrected chi connectivity index (χ4v) is 2.92. The fourth-order valence-electron chi connectivity index (χ4n) is 2.53. The average molecular weight is 352 g/mol. The summed E-state index contributed by atoms with van der Waals surface area (Å²) in [6.45, 7) is 0. The molecule has 2 aromatic rings. The maximum atomic E-state index is 13.3. The van der Waals surface area contributed by atoms with Crippen molar-refractivity contribution in [2.45, 2.75) is 18.6 Å². The molecule has 2 N–H and O–H groups in total. The largest absolute Gasteiger partial charge is 0.497 e. The van der Waals surface area contributed by atoms with Crippen molar-refractivity contribution in [3.05, 3.63) is 57.8 Å². The molecule has 0 bridgehead atoms. The van der Waals surface area contributed by atoms with Gasteiger partial charge in [0.1, 0.15) is 23.4 Å². The first-order chi connectivity index (χ1) is 10.1. The molecule has 0 amide bonds. The van der Waals surface area contributed by atoms with Crippen molar-refractivity contribution in [1.82, 2.24) is 0 Å². The lowest BCUT2D eigenvalue weighted by Crippen LogP contribution is -2.24. The Kier molecular flexibility index (Phi) is 3.87. The van der Waals surface area contributed by atoms with Crippen LogP contribution in [0.25, 0.3) is 0 Å². The summed E-state index contributed by atoms with van der Waals surface area (Å²) < 4.78 is 25.0. The normalized spacial score (nSPS) is 20.6. The summed E-state index contributed by atoms with van der Waals surface area (Å²) in [7, 11) is 1.62. The topological polar surface area (TPSA) is 44.5 Å². The Labute approximate surface area is 131 Å². The van der Waals surface area contributed by atoms with E-state index in [4.69, 9.17) is 15.2 Å².